The van der Waals surface area contributed by atoms with E-state index in [0.717, 1.165) is 25.1 Å². The van der Waals surface area contributed by atoms with Crippen molar-refractivity contribution in [2.24, 2.45) is 0 Å². The molecule has 3 N–H and O–H groups in total. The number of amides is 1. The summed E-state index contributed by atoms with van der Waals surface area (Å²) >= 11 is 6.31. The zero-order valence-corrected chi connectivity index (χ0v) is 18.6. The molecule has 11 heteroatoms. The Hall–Kier alpha value is -3.14. The van der Waals surface area contributed by atoms with Crippen LogP contribution in [0.15, 0.2) is 25.0 Å². The second kappa shape index (κ2) is 8.18. The number of hydrogen-bond acceptors (Lipinski definition) is 7. The van der Waals surface area contributed by atoms with Crippen LogP contribution in [0.25, 0.3) is 11.0 Å². The van der Waals surface area contributed by atoms with Gasteiger partial charge in [-0.05, 0) is 39.7 Å². The topological polar surface area (TPSA) is 117 Å². The van der Waals surface area contributed by atoms with Gasteiger partial charge in [0.2, 0.25) is 11.9 Å². The van der Waals surface area contributed by atoms with Crippen LogP contribution >= 0.6 is 11.6 Å². The van der Waals surface area contributed by atoms with E-state index >= 15 is 0 Å². The summed E-state index contributed by atoms with van der Waals surface area (Å²) in [5.41, 5.74) is 1.08. The highest BCUT2D eigenvalue weighted by molar-refractivity contribution is 6.35. The number of hydrogen-bond donors (Lipinski definition) is 3. The number of anilines is 3. The number of fused-ring (bicyclic) bond motifs is 1. The van der Waals surface area contributed by atoms with Crippen LogP contribution in [0.4, 0.5) is 17.5 Å². The van der Waals surface area contributed by atoms with E-state index in [1.165, 1.54) is 6.08 Å². The SMILES string of the molecule is C=CC(=O)N1CCC[C@@H](Nc2nc(Nc3cnn(C(C)(C)C)c3)nc3n[nH]c(Cl)c23)C1. The largest absolute Gasteiger partial charge is 0.365 e. The molecule has 3 aromatic rings. The summed E-state index contributed by atoms with van der Waals surface area (Å²) in [5.74, 6) is 0.868. The summed E-state index contributed by atoms with van der Waals surface area (Å²) in [6.45, 7) is 11.1. The van der Waals surface area contributed by atoms with Crippen molar-refractivity contribution in [3.8, 4) is 0 Å². The van der Waals surface area contributed by atoms with Gasteiger partial charge in [-0.1, -0.05) is 18.2 Å². The van der Waals surface area contributed by atoms with Crippen molar-refractivity contribution in [3.63, 3.8) is 0 Å². The zero-order valence-electron chi connectivity index (χ0n) is 17.8. The predicted octanol–water partition coefficient (Wildman–Crippen LogP) is 3.29. The number of halogens is 1. The van der Waals surface area contributed by atoms with Gasteiger partial charge in [-0.3, -0.25) is 14.6 Å². The Morgan fingerprint density at radius 2 is 2.19 bits per heavy atom. The smallest absolute Gasteiger partial charge is 0.246 e. The lowest BCUT2D eigenvalue weighted by atomic mass is 10.1. The fourth-order valence-electron chi connectivity index (χ4n) is 3.55. The average molecular weight is 444 g/mol. The Morgan fingerprint density at radius 1 is 1.39 bits per heavy atom. The first kappa shape index (κ1) is 21.1. The lowest BCUT2D eigenvalue weighted by Crippen LogP contribution is -2.44. The van der Waals surface area contributed by atoms with E-state index < -0.39 is 0 Å². The molecule has 10 nitrogen and oxygen atoms in total. The lowest BCUT2D eigenvalue weighted by Gasteiger charge is -2.32. The third-order valence-electron chi connectivity index (χ3n) is 5.14. The molecule has 4 rings (SSSR count). The van der Waals surface area contributed by atoms with Gasteiger partial charge in [0.25, 0.3) is 0 Å². The van der Waals surface area contributed by atoms with E-state index in [9.17, 15) is 4.79 Å². The summed E-state index contributed by atoms with van der Waals surface area (Å²) in [6.07, 6.45) is 6.77. The molecule has 0 radical (unpaired) electrons. The molecule has 3 aromatic heterocycles. The highest BCUT2D eigenvalue weighted by atomic mass is 35.5. The number of aromatic nitrogens is 6. The van der Waals surface area contributed by atoms with Crippen LogP contribution in [-0.4, -0.2) is 59.9 Å². The van der Waals surface area contributed by atoms with Crippen molar-refractivity contribution >= 4 is 46.0 Å². The van der Waals surface area contributed by atoms with Gasteiger partial charge in [-0.25, -0.2) is 0 Å². The second-order valence-corrected chi connectivity index (χ2v) is 8.95. The summed E-state index contributed by atoms with van der Waals surface area (Å²) in [5, 5.41) is 18.9. The van der Waals surface area contributed by atoms with Crippen LogP contribution in [0.2, 0.25) is 5.15 Å². The van der Waals surface area contributed by atoms with Crippen molar-refractivity contribution in [2.75, 3.05) is 23.7 Å². The van der Waals surface area contributed by atoms with E-state index in [0.29, 0.717) is 34.5 Å². The van der Waals surface area contributed by atoms with E-state index in [-0.39, 0.29) is 17.5 Å². The van der Waals surface area contributed by atoms with E-state index in [4.69, 9.17) is 11.6 Å². The highest BCUT2D eigenvalue weighted by Crippen LogP contribution is 2.29. The number of H-pyrrole nitrogens is 1. The van der Waals surface area contributed by atoms with Crippen LogP contribution in [0.3, 0.4) is 0 Å². The van der Waals surface area contributed by atoms with Crippen LogP contribution in [0.5, 0.6) is 0 Å². The molecule has 0 aliphatic carbocycles. The highest BCUT2D eigenvalue weighted by Gasteiger charge is 2.24. The number of rotatable bonds is 5. The van der Waals surface area contributed by atoms with E-state index in [1.54, 1.807) is 11.1 Å². The Labute approximate surface area is 185 Å². The third-order valence-corrected chi connectivity index (χ3v) is 5.42. The molecule has 1 fully saturated rings. The average Bonchev–Trinajstić information content (AvgIpc) is 3.34. The number of nitrogens with one attached hydrogen (secondary N) is 3. The first-order chi connectivity index (χ1) is 14.7. The Bertz CT molecular complexity index is 1110. The zero-order chi connectivity index (χ0) is 22.2. The minimum Gasteiger partial charge on any atom is -0.365 e. The van der Waals surface area contributed by atoms with Gasteiger partial charge < -0.3 is 15.5 Å². The Kier molecular flexibility index (Phi) is 5.57. The van der Waals surface area contributed by atoms with Gasteiger partial charge in [-0.2, -0.15) is 20.2 Å². The van der Waals surface area contributed by atoms with E-state index in [2.05, 4.69) is 63.2 Å². The maximum Gasteiger partial charge on any atom is 0.246 e. The molecule has 4 heterocycles. The number of carbonyl (C=O) groups is 1. The summed E-state index contributed by atoms with van der Waals surface area (Å²) in [7, 11) is 0. The molecule has 0 unspecified atom stereocenters. The lowest BCUT2D eigenvalue weighted by molar-refractivity contribution is -0.127. The number of aromatic amines is 1. The van der Waals surface area contributed by atoms with E-state index in [1.807, 2.05) is 10.9 Å². The molecular formula is C20H26ClN9O. The molecule has 0 spiro atoms. The molecule has 1 atom stereocenters. The fourth-order valence-corrected chi connectivity index (χ4v) is 3.77. The number of nitrogens with zero attached hydrogens (tertiary/aromatic N) is 6. The first-order valence-electron chi connectivity index (χ1n) is 10.2. The molecule has 1 saturated heterocycles. The Balaban J connectivity index is 1.60. The van der Waals surface area contributed by atoms with Crippen molar-refractivity contribution in [1.29, 1.82) is 0 Å². The molecule has 31 heavy (non-hydrogen) atoms. The van der Waals surface area contributed by atoms with Crippen LogP contribution in [0.1, 0.15) is 33.6 Å². The van der Waals surface area contributed by atoms with Crippen molar-refractivity contribution in [2.45, 2.75) is 45.2 Å². The molecule has 0 saturated carbocycles. The summed E-state index contributed by atoms with van der Waals surface area (Å²) in [4.78, 5) is 22.9. The van der Waals surface area contributed by atoms with Crippen molar-refractivity contribution in [1.82, 2.24) is 34.8 Å². The third kappa shape index (κ3) is 4.48. The molecule has 0 bridgehead atoms. The quantitative estimate of drug-likeness (QED) is 0.518. The van der Waals surface area contributed by atoms with Gasteiger partial charge in [0.1, 0.15) is 16.4 Å². The van der Waals surface area contributed by atoms with Crippen molar-refractivity contribution in [3.05, 3.63) is 30.2 Å². The van der Waals surface area contributed by atoms with Crippen molar-refractivity contribution < 1.29 is 4.79 Å². The maximum absolute atomic E-state index is 12.0. The monoisotopic (exact) mass is 443 g/mol. The molecular weight excluding hydrogens is 418 g/mol. The Morgan fingerprint density at radius 3 is 2.90 bits per heavy atom. The van der Waals surface area contributed by atoms with Gasteiger partial charge in [-0.15, -0.1) is 0 Å². The molecule has 164 valence electrons. The predicted molar refractivity (Wildman–Crippen MR) is 121 cm³/mol. The fraction of sp³-hybridized carbons (Fsp3) is 0.450. The molecule has 1 aliphatic heterocycles. The van der Waals surface area contributed by atoms with Gasteiger partial charge in [0.15, 0.2) is 5.65 Å². The van der Waals surface area contributed by atoms with Crippen LogP contribution < -0.4 is 10.6 Å². The standard InChI is InChI=1S/C20H26ClN9O/c1-5-14(31)29-8-6-7-12(10-29)23-17-15-16(21)27-28-18(15)26-19(25-17)24-13-9-22-30(11-13)20(2,3)4/h5,9,11-12H,1,6-8,10H2,2-4H3,(H3,23,24,25,26,27,28)/t12-/m1/s1. The summed E-state index contributed by atoms with van der Waals surface area (Å²) < 4.78 is 1.87. The normalized spacial score (nSPS) is 17.0. The van der Waals surface area contributed by atoms with Gasteiger partial charge in [0, 0.05) is 25.3 Å². The van der Waals surface area contributed by atoms with Crippen LogP contribution in [0, 0.1) is 0 Å². The number of piperidine rings is 1. The molecule has 1 aliphatic rings. The summed E-state index contributed by atoms with van der Waals surface area (Å²) in [6, 6.07) is 0.0261. The van der Waals surface area contributed by atoms with Crippen LogP contribution in [-0.2, 0) is 10.3 Å². The first-order valence-corrected chi connectivity index (χ1v) is 10.5. The van der Waals surface area contributed by atoms with Gasteiger partial charge >= 0.3 is 0 Å². The van der Waals surface area contributed by atoms with Gasteiger partial charge in [0.05, 0.1) is 17.4 Å². The minimum absolute atomic E-state index is 0.0261. The minimum atomic E-state index is -0.136. The molecule has 1 amide bonds. The second-order valence-electron chi connectivity index (χ2n) is 8.57. The number of carbonyl (C=O) groups excluding carboxylic acids is 1. The maximum atomic E-state index is 12.0. The number of likely N-dealkylation sites (tertiary alicyclic amines) is 1. The molecule has 0 aromatic carbocycles.